The normalized spacial score (nSPS) is 10.9. The van der Waals surface area contributed by atoms with Crippen LogP contribution in [0.1, 0.15) is 31.1 Å². The number of fused-ring (bicyclic) bond motifs is 1. The van der Waals surface area contributed by atoms with Gasteiger partial charge in [-0.05, 0) is 57.2 Å². The Morgan fingerprint density at radius 2 is 1.96 bits per heavy atom. The van der Waals surface area contributed by atoms with Gasteiger partial charge in [-0.25, -0.2) is 4.98 Å². The molecule has 0 bridgehead atoms. The number of nitrogens with one attached hydrogen (secondary N) is 1. The van der Waals surface area contributed by atoms with E-state index in [-0.39, 0.29) is 12.0 Å². The van der Waals surface area contributed by atoms with Gasteiger partial charge >= 0.3 is 0 Å². The van der Waals surface area contributed by atoms with Crippen LogP contribution in [-0.2, 0) is 0 Å². The van der Waals surface area contributed by atoms with Crippen LogP contribution in [0.5, 0.6) is 11.5 Å². The fourth-order valence-electron chi connectivity index (χ4n) is 2.38. The van der Waals surface area contributed by atoms with Crippen molar-refractivity contribution in [1.29, 1.82) is 0 Å². The number of para-hydroxylation sites is 1. The van der Waals surface area contributed by atoms with Crippen molar-refractivity contribution in [2.75, 3.05) is 11.9 Å². The second kappa shape index (κ2) is 7.53. The number of benzene rings is 2. The van der Waals surface area contributed by atoms with Crippen LogP contribution in [0.15, 0.2) is 42.5 Å². The first-order chi connectivity index (χ1) is 12.1. The maximum absolute atomic E-state index is 12.4. The largest absolute Gasteiger partial charge is 0.492 e. The van der Waals surface area contributed by atoms with E-state index in [1.165, 1.54) is 11.3 Å². The van der Waals surface area contributed by atoms with E-state index in [0.717, 1.165) is 21.7 Å². The van der Waals surface area contributed by atoms with Crippen molar-refractivity contribution in [3.8, 4) is 11.5 Å². The van der Waals surface area contributed by atoms with Gasteiger partial charge in [0.25, 0.3) is 5.91 Å². The molecule has 0 aliphatic rings. The quantitative estimate of drug-likeness (QED) is 0.693. The molecular formula is C19H20N2O3S. The number of ether oxygens (including phenoxy) is 2. The lowest BCUT2D eigenvalue weighted by atomic mass is 10.2. The number of hydrogen-bond donors (Lipinski definition) is 1. The summed E-state index contributed by atoms with van der Waals surface area (Å²) in [6.07, 6.45) is 0.0990. The van der Waals surface area contributed by atoms with E-state index < -0.39 is 0 Å². The molecular weight excluding hydrogens is 336 g/mol. The molecule has 0 atom stereocenters. The maximum Gasteiger partial charge on any atom is 0.257 e. The number of thiazole rings is 1. The zero-order valence-electron chi connectivity index (χ0n) is 14.4. The van der Waals surface area contributed by atoms with Crippen LogP contribution in [0.3, 0.4) is 0 Å². The van der Waals surface area contributed by atoms with Gasteiger partial charge in [-0.15, -0.1) is 0 Å². The molecule has 0 saturated heterocycles. The molecule has 25 heavy (non-hydrogen) atoms. The molecule has 1 heterocycles. The van der Waals surface area contributed by atoms with E-state index in [1.807, 2.05) is 39.0 Å². The number of carbonyl (C=O) groups is 1. The van der Waals surface area contributed by atoms with Gasteiger partial charge in [-0.2, -0.15) is 0 Å². The average Bonchev–Trinajstić information content (AvgIpc) is 2.98. The van der Waals surface area contributed by atoms with E-state index in [1.54, 1.807) is 24.3 Å². The SMILES string of the molecule is CCOc1cccc2sc(NC(=O)c3ccc(OC(C)C)cc3)nc12. The molecule has 0 aliphatic carbocycles. The summed E-state index contributed by atoms with van der Waals surface area (Å²) in [5.74, 6) is 1.27. The molecule has 0 aliphatic heterocycles. The fourth-order valence-corrected chi connectivity index (χ4v) is 3.25. The number of aromatic nitrogens is 1. The molecule has 130 valence electrons. The summed E-state index contributed by atoms with van der Waals surface area (Å²) < 4.78 is 12.1. The maximum atomic E-state index is 12.4. The van der Waals surface area contributed by atoms with Crippen LogP contribution in [0.25, 0.3) is 10.2 Å². The molecule has 0 radical (unpaired) electrons. The first kappa shape index (κ1) is 17.2. The molecule has 1 aromatic heterocycles. The summed E-state index contributed by atoms with van der Waals surface area (Å²) >= 11 is 1.42. The highest BCUT2D eigenvalue weighted by atomic mass is 32.1. The molecule has 6 heteroatoms. The summed E-state index contributed by atoms with van der Waals surface area (Å²) in [7, 11) is 0. The molecule has 1 N–H and O–H groups in total. The molecule has 0 saturated carbocycles. The van der Waals surface area contributed by atoms with Gasteiger partial charge < -0.3 is 9.47 Å². The van der Waals surface area contributed by atoms with Crippen LogP contribution in [0, 0.1) is 0 Å². The molecule has 5 nitrogen and oxygen atoms in total. The Labute approximate surface area is 150 Å². The minimum absolute atomic E-state index is 0.0990. The van der Waals surface area contributed by atoms with Crippen LogP contribution in [0.4, 0.5) is 5.13 Å². The van der Waals surface area contributed by atoms with Gasteiger partial charge in [0.15, 0.2) is 5.13 Å². The highest BCUT2D eigenvalue weighted by Gasteiger charge is 2.12. The van der Waals surface area contributed by atoms with Crippen LogP contribution in [0.2, 0.25) is 0 Å². The van der Waals surface area contributed by atoms with Gasteiger partial charge in [-0.3, -0.25) is 10.1 Å². The van der Waals surface area contributed by atoms with E-state index in [9.17, 15) is 4.79 Å². The van der Waals surface area contributed by atoms with E-state index in [2.05, 4.69) is 10.3 Å². The Morgan fingerprint density at radius 1 is 1.20 bits per heavy atom. The van der Waals surface area contributed by atoms with Crippen molar-refractivity contribution >= 4 is 32.6 Å². The number of rotatable bonds is 6. The first-order valence-electron chi connectivity index (χ1n) is 8.17. The number of hydrogen-bond acceptors (Lipinski definition) is 5. The lowest BCUT2D eigenvalue weighted by Crippen LogP contribution is -2.12. The lowest BCUT2D eigenvalue weighted by molar-refractivity contribution is 0.102. The Kier molecular flexibility index (Phi) is 5.19. The minimum atomic E-state index is -0.201. The van der Waals surface area contributed by atoms with Gasteiger partial charge in [-0.1, -0.05) is 17.4 Å². The third kappa shape index (κ3) is 4.09. The highest BCUT2D eigenvalue weighted by Crippen LogP contribution is 2.32. The third-order valence-electron chi connectivity index (χ3n) is 3.39. The Hall–Kier alpha value is -2.60. The fraction of sp³-hybridized carbons (Fsp3) is 0.263. The number of carbonyl (C=O) groups excluding carboxylic acids is 1. The summed E-state index contributed by atoms with van der Waals surface area (Å²) in [6.45, 7) is 6.43. The predicted octanol–water partition coefficient (Wildman–Crippen LogP) is 4.73. The number of amides is 1. The predicted molar refractivity (Wildman–Crippen MR) is 101 cm³/mol. The highest BCUT2D eigenvalue weighted by molar-refractivity contribution is 7.22. The molecule has 2 aromatic carbocycles. The summed E-state index contributed by atoms with van der Waals surface area (Å²) in [6, 6.07) is 12.8. The van der Waals surface area contributed by atoms with Gasteiger partial charge in [0, 0.05) is 5.56 Å². The van der Waals surface area contributed by atoms with Crippen molar-refractivity contribution in [2.24, 2.45) is 0 Å². The zero-order valence-corrected chi connectivity index (χ0v) is 15.2. The lowest BCUT2D eigenvalue weighted by Gasteiger charge is -2.09. The molecule has 1 amide bonds. The van der Waals surface area contributed by atoms with Crippen LogP contribution >= 0.6 is 11.3 Å². The van der Waals surface area contributed by atoms with Gasteiger partial charge in [0.2, 0.25) is 0 Å². The van der Waals surface area contributed by atoms with Crippen molar-refractivity contribution in [2.45, 2.75) is 26.9 Å². The second-order valence-corrected chi connectivity index (χ2v) is 6.73. The smallest absolute Gasteiger partial charge is 0.257 e. The average molecular weight is 356 g/mol. The summed E-state index contributed by atoms with van der Waals surface area (Å²) in [4.78, 5) is 16.9. The van der Waals surface area contributed by atoms with E-state index >= 15 is 0 Å². The van der Waals surface area contributed by atoms with Crippen LogP contribution in [-0.4, -0.2) is 23.6 Å². The summed E-state index contributed by atoms with van der Waals surface area (Å²) in [5, 5.41) is 3.40. The Morgan fingerprint density at radius 3 is 2.64 bits per heavy atom. The van der Waals surface area contributed by atoms with E-state index in [4.69, 9.17) is 9.47 Å². The monoisotopic (exact) mass is 356 g/mol. The van der Waals surface area contributed by atoms with Crippen molar-refractivity contribution < 1.29 is 14.3 Å². The minimum Gasteiger partial charge on any atom is -0.492 e. The zero-order chi connectivity index (χ0) is 17.8. The molecule has 3 rings (SSSR count). The number of anilines is 1. The van der Waals surface area contributed by atoms with Crippen molar-refractivity contribution in [3.63, 3.8) is 0 Å². The number of nitrogens with zero attached hydrogens (tertiary/aromatic N) is 1. The molecule has 0 spiro atoms. The molecule has 0 unspecified atom stereocenters. The van der Waals surface area contributed by atoms with Gasteiger partial charge in [0.1, 0.15) is 17.0 Å². The Balaban J connectivity index is 1.76. The topological polar surface area (TPSA) is 60.5 Å². The van der Waals surface area contributed by atoms with Gasteiger partial charge in [0.05, 0.1) is 17.4 Å². The molecule has 0 fully saturated rings. The standard InChI is InChI=1S/C19H20N2O3S/c1-4-23-15-6-5-7-16-17(15)20-19(25-16)21-18(22)13-8-10-14(11-9-13)24-12(2)3/h5-12H,4H2,1-3H3,(H,20,21,22). The first-order valence-corrected chi connectivity index (χ1v) is 8.99. The van der Waals surface area contributed by atoms with Crippen LogP contribution < -0.4 is 14.8 Å². The molecule has 3 aromatic rings. The van der Waals surface area contributed by atoms with E-state index in [0.29, 0.717) is 17.3 Å². The second-order valence-electron chi connectivity index (χ2n) is 5.70. The van der Waals surface area contributed by atoms with Crippen molar-refractivity contribution in [3.05, 3.63) is 48.0 Å². The third-order valence-corrected chi connectivity index (χ3v) is 4.33. The summed E-state index contributed by atoms with van der Waals surface area (Å²) in [5.41, 5.74) is 1.32. The Bertz CT molecular complexity index is 872. The van der Waals surface area contributed by atoms with Crippen molar-refractivity contribution in [1.82, 2.24) is 4.98 Å².